The maximum atomic E-state index is 14.0. The molecule has 0 radical (unpaired) electrons. The van der Waals surface area contributed by atoms with E-state index < -0.39 is 0 Å². The lowest BCUT2D eigenvalue weighted by Gasteiger charge is -2.14. The Kier molecular flexibility index (Phi) is 6.17. The van der Waals surface area contributed by atoms with Crippen LogP contribution in [0.1, 0.15) is 24.8 Å². The molecule has 1 aliphatic rings. The van der Waals surface area contributed by atoms with Crippen LogP contribution in [0.4, 0.5) is 4.39 Å². The van der Waals surface area contributed by atoms with Crippen LogP contribution in [-0.2, 0) is 6.42 Å². The highest BCUT2D eigenvalue weighted by Gasteiger charge is 2.15. The van der Waals surface area contributed by atoms with E-state index in [-0.39, 0.29) is 5.82 Å². The first-order chi connectivity index (χ1) is 19.2. The van der Waals surface area contributed by atoms with E-state index in [4.69, 9.17) is 0 Å². The van der Waals surface area contributed by atoms with E-state index in [9.17, 15) is 4.39 Å². The van der Waals surface area contributed by atoms with E-state index in [1.807, 2.05) is 36.7 Å². The third-order valence-corrected chi connectivity index (χ3v) is 7.88. The van der Waals surface area contributed by atoms with Crippen molar-refractivity contribution >= 4 is 21.8 Å². The number of aromatic amines is 2. The second kappa shape index (κ2) is 10.1. The zero-order valence-corrected chi connectivity index (χ0v) is 21.8. The zero-order chi connectivity index (χ0) is 26.2. The molecule has 0 saturated carbocycles. The number of aromatic nitrogens is 4. The summed E-state index contributed by atoms with van der Waals surface area (Å²) in [5.74, 6) is -0.240. The third kappa shape index (κ3) is 4.72. The average molecular weight is 516 g/mol. The van der Waals surface area contributed by atoms with Gasteiger partial charge in [-0.25, -0.2) is 4.39 Å². The number of aryl methyl sites for hydroxylation is 1. The van der Waals surface area contributed by atoms with Crippen LogP contribution in [0.25, 0.3) is 55.4 Å². The number of H-pyrrole nitrogens is 2. The first-order valence-electron chi connectivity index (χ1n) is 13.7. The van der Waals surface area contributed by atoms with E-state index in [2.05, 4.69) is 55.4 Å². The summed E-state index contributed by atoms with van der Waals surface area (Å²) in [7, 11) is 0. The van der Waals surface area contributed by atoms with Gasteiger partial charge in [0.1, 0.15) is 11.5 Å². The van der Waals surface area contributed by atoms with Gasteiger partial charge in [-0.15, -0.1) is 0 Å². The summed E-state index contributed by atoms with van der Waals surface area (Å²) >= 11 is 0. The summed E-state index contributed by atoms with van der Waals surface area (Å²) < 4.78 is 14.0. The Bertz CT molecular complexity index is 1780. The van der Waals surface area contributed by atoms with Crippen molar-refractivity contribution in [2.45, 2.75) is 25.7 Å². The van der Waals surface area contributed by atoms with Crippen LogP contribution in [-0.4, -0.2) is 44.7 Å². The molecule has 7 rings (SSSR count). The lowest BCUT2D eigenvalue weighted by molar-refractivity contribution is 0.334. The molecule has 4 heterocycles. The third-order valence-electron chi connectivity index (χ3n) is 7.88. The van der Waals surface area contributed by atoms with Crippen LogP contribution in [0, 0.1) is 5.82 Å². The van der Waals surface area contributed by atoms with Crippen LogP contribution >= 0.6 is 0 Å². The van der Waals surface area contributed by atoms with Crippen molar-refractivity contribution in [3.63, 3.8) is 0 Å². The molecule has 0 bridgehead atoms. The van der Waals surface area contributed by atoms with Crippen molar-refractivity contribution in [1.82, 2.24) is 25.1 Å². The van der Waals surface area contributed by atoms with Crippen molar-refractivity contribution in [3.05, 3.63) is 96.6 Å². The first-order valence-corrected chi connectivity index (χ1v) is 13.7. The highest BCUT2D eigenvalue weighted by Crippen LogP contribution is 2.35. The molecule has 1 fully saturated rings. The fourth-order valence-electron chi connectivity index (χ4n) is 5.88. The second-order valence-electron chi connectivity index (χ2n) is 10.5. The molecule has 6 aromatic rings. The van der Waals surface area contributed by atoms with Crippen molar-refractivity contribution in [3.8, 4) is 33.6 Å². The van der Waals surface area contributed by atoms with E-state index in [0.717, 1.165) is 68.3 Å². The van der Waals surface area contributed by atoms with Gasteiger partial charge >= 0.3 is 0 Å². The fraction of sp³-hybridized carbons (Fsp3) is 0.212. The summed E-state index contributed by atoms with van der Waals surface area (Å²) in [6.07, 6.45) is 8.81. The molecule has 2 N–H and O–H groups in total. The number of rotatable bonds is 7. The largest absolute Gasteiger partial charge is 0.353 e. The summed E-state index contributed by atoms with van der Waals surface area (Å²) in [6, 6.07) is 23.6. The van der Waals surface area contributed by atoms with E-state index in [0.29, 0.717) is 0 Å². The Balaban J connectivity index is 1.20. The summed E-state index contributed by atoms with van der Waals surface area (Å²) in [5.41, 5.74) is 9.12. The van der Waals surface area contributed by atoms with Gasteiger partial charge in [-0.05, 0) is 110 Å². The van der Waals surface area contributed by atoms with E-state index in [1.54, 1.807) is 12.1 Å². The van der Waals surface area contributed by atoms with E-state index >= 15 is 0 Å². The Morgan fingerprint density at radius 3 is 2.59 bits per heavy atom. The number of pyridine rings is 1. The number of hydrogen-bond donors (Lipinski definition) is 2. The SMILES string of the molecule is Fc1cccc(-c2cccc3[nH]c(-c4n[nH]c5ccc(-c6cncc(CCCN7CCCC7)c6)cc45)cc23)c1. The maximum Gasteiger partial charge on any atom is 0.123 e. The molecule has 0 spiro atoms. The van der Waals surface area contributed by atoms with Gasteiger partial charge in [0.25, 0.3) is 0 Å². The topological polar surface area (TPSA) is 60.6 Å². The summed E-state index contributed by atoms with van der Waals surface area (Å²) in [4.78, 5) is 10.7. The Morgan fingerprint density at radius 1 is 0.795 bits per heavy atom. The van der Waals surface area contributed by atoms with Gasteiger partial charge in [0.15, 0.2) is 0 Å². The van der Waals surface area contributed by atoms with Crippen molar-refractivity contribution < 1.29 is 4.39 Å². The summed E-state index contributed by atoms with van der Waals surface area (Å²) in [6.45, 7) is 3.65. The predicted octanol–water partition coefficient (Wildman–Crippen LogP) is 7.61. The molecular weight excluding hydrogens is 485 g/mol. The Labute approximate surface area is 226 Å². The van der Waals surface area contributed by atoms with Gasteiger partial charge in [-0.3, -0.25) is 10.1 Å². The van der Waals surface area contributed by atoms with Gasteiger partial charge < -0.3 is 9.88 Å². The average Bonchev–Trinajstić information content (AvgIpc) is 3.72. The van der Waals surface area contributed by atoms with Gasteiger partial charge in [-0.2, -0.15) is 5.10 Å². The first kappa shape index (κ1) is 23.8. The number of likely N-dealkylation sites (tertiary alicyclic amines) is 1. The maximum absolute atomic E-state index is 14.0. The monoisotopic (exact) mass is 515 g/mol. The van der Waals surface area contributed by atoms with Crippen molar-refractivity contribution in [1.29, 1.82) is 0 Å². The molecule has 0 amide bonds. The zero-order valence-electron chi connectivity index (χ0n) is 21.8. The van der Waals surface area contributed by atoms with E-state index in [1.165, 1.54) is 44.1 Å². The molecular formula is C33H30FN5. The molecule has 5 nitrogen and oxygen atoms in total. The number of nitrogens with zero attached hydrogens (tertiary/aromatic N) is 3. The van der Waals surface area contributed by atoms with Crippen molar-refractivity contribution in [2.75, 3.05) is 19.6 Å². The van der Waals surface area contributed by atoms with Crippen LogP contribution < -0.4 is 0 Å². The Morgan fingerprint density at radius 2 is 1.69 bits per heavy atom. The molecule has 3 aromatic carbocycles. The highest BCUT2D eigenvalue weighted by atomic mass is 19.1. The molecule has 3 aromatic heterocycles. The minimum Gasteiger partial charge on any atom is -0.353 e. The molecule has 1 saturated heterocycles. The quantitative estimate of drug-likeness (QED) is 0.230. The van der Waals surface area contributed by atoms with Gasteiger partial charge in [0.2, 0.25) is 0 Å². The fourth-order valence-corrected chi connectivity index (χ4v) is 5.88. The number of hydrogen-bond acceptors (Lipinski definition) is 3. The predicted molar refractivity (Wildman–Crippen MR) is 156 cm³/mol. The number of benzene rings is 3. The molecule has 39 heavy (non-hydrogen) atoms. The van der Waals surface area contributed by atoms with Gasteiger partial charge in [0, 0.05) is 34.2 Å². The molecule has 194 valence electrons. The van der Waals surface area contributed by atoms with Crippen LogP contribution in [0.15, 0.2) is 85.2 Å². The lowest BCUT2D eigenvalue weighted by atomic mass is 10.0. The Hall–Kier alpha value is -4.29. The molecule has 1 aliphatic heterocycles. The highest BCUT2D eigenvalue weighted by molar-refractivity contribution is 6.01. The normalized spacial score (nSPS) is 14.1. The minimum atomic E-state index is -0.240. The lowest BCUT2D eigenvalue weighted by Crippen LogP contribution is -2.20. The molecule has 0 atom stereocenters. The van der Waals surface area contributed by atoms with Gasteiger partial charge in [0.05, 0.1) is 11.2 Å². The standard InChI is InChI=1S/C33H30FN5/c34-26-8-3-7-24(17-26)27-9-4-10-30-28(27)19-32(36-30)33-29-18-23(11-12-31(29)37-38-33)25-16-22(20-35-21-25)6-5-15-39-13-1-2-14-39/h3-4,7-12,16-21,36H,1-2,5-6,13-15H2,(H,37,38). The van der Waals surface area contributed by atoms with Crippen molar-refractivity contribution in [2.24, 2.45) is 0 Å². The van der Waals surface area contributed by atoms with Crippen LogP contribution in [0.5, 0.6) is 0 Å². The smallest absolute Gasteiger partial charge is 0.123 e. The van der Waals surface area contributed by atoms with Crippen LogP contribution in [0.3, 0.4) is 0 Å². The number of halogens is 1. The summed E-state index contributed by atoms with van der Waals surface area (Å²) in [5, 5.41) is 9.95. The minimum absolute atomic E-state index is 0.240. The second-order valence-corrected chi connectivity index (χ2v) is 10.5. The van der Waals surface area contributed by atoms with Crippen LogP contribution in [0.2, 0.25) is 0 Å². The molecule has 0 unspecified atom stereocenters. The van der Waals surface area contributed by atoms with Gasteiger partial charge in [-0.1, -0.05) is 30.3 Å². The number of nitrogens with one attached hydrogen (secondary N) is 2. The molecule has 0 aliphatic carbocycles. The molecule has 6 heteroatoms. The number of fused-ring (bicyclic) bond motifs is 2.